The van der Waals surface area contributed by atoms with E-state index in [2.05, 4.69) is 53.4 Å². The predicted octanol–water partition coefficient (Wildman–Crippen LogP) is 2.86. The summed E-state index contributed by atoms with van der Waals surface area (Å²) in [5, 5.41) is 18.5. The van der Waals surface area contributed by atoms with Gasteiger partial charge in [-0.2, -0.15) is 5.10 Å². The molecule has 0 radical (unpaired) electrons. The van der Waals surface area contributed by atoms with Crippen molar-refractivity contribution in [3.8, 4) is 0 Å². The zero-order valence-electron chi connectivity index (χ0n) is 16.3. The molecule has 0 aliphatic carbocycles. The number of nitrogens with zero attached hydrogens (tertiary/aromatic N) is 4. The van der Waals surface area contributed by atoms with Crippen LogP contribution in [-0.4, -0.2) is 44.9 Å². The van der Waals surface area contributed by atoms with Crippen molar-refractivity contribution in [1.82, 2.24) is 14.7 Å². The number of rotatable bonds is 6. The Labute approximate surface area is 159 Å². The number of aryl methyl sites for hydroxylation is 2. The number of nitro groups is 1. The van der Waals surface area contributed by atoms with Crippen LogP contribution >= 0.6 is 0 Å². The van der Waals surface area contributed by atoms with E-state index in [9.17, 15) is 10.1 Å². The van der Waals surface area contributed by atoms with Crippen molar-refractivity contribution in [1.29, 1.82) is 0 Å². The van der Waals surface area contributed by atoms with Crippen LogP contribution in [0.1, 0.15) is 30.7 Å². The number of ether oxygens (including phenoxy) is 1. The van der Waals surface area contributed by atoms with E-state index in [0.29, 0.717) is 18.1 Å². The van der Waals surface area contributed by atoms with E-state index in [4.69, 9.17) is 4.74 Å². The summed E-state index contributed by atoms with van der Waals surface area (Å²) in [5.41, 5.74) is 2.76. The van der Waals surface area contributed by atoms with Crippen LogP contribution in [0.5, 0.6) is 0 Å². The highest BCUT2D eigenvalue weighted by Gasteiger charge is 2.24. The summed E-state index contributed by atoms with van der Waals surface area (Å²) >= 11 is 0. The second kappa shape index (κ2) is 8.06. The number of nitrogens with one attached hydrogen (secondary N) is 1. The smallest absolute Gasteiger partial charge is 0.333 e. The largest absolute Gasteiger partial charge is 0.373 e. The number of anilines is 1. The molecular formula is C19H27N5O3. The third kappa shape index (κ3) is 4.64. The number of hydrogen-bond donors (Lipinski definition) is 1. The van der Waals surface area contributed by atoms with Gasteiger partial charge in [0.25, 0.3) is 0 Å². The molecule has 0 saturated carbocycles. The molecule has 0 amide bonds. The third-order valence-electron chi connectivity index (χ3n) is 4.76. The normalized spacial score (nSPS) is 20.6. The van der Waals surface area contributed by atoms with Crippen molar-refractivity contribution in [3.63, 3.8) is 0 Å². The fourth-order valence-electron chi connectivity index (χ4n) is 3.68. The summed E-state index contributed by atoms with van der Waals surface area (Å²) in [7, 11) is 1.70. The van der Waals surface area contributed by atoms with Crippen LogP contribution in [-0.2, 0) is 24.9 Å². The molecule has 2 aromatic rings. The molecule has 2 heterocycles. The van der Waals surface area contributed by atoms with Crippen LogP contribution in [0.4, 0.5) is 11.5 Å². The molecule has 1 aromatic carbocycles. The van der Waals surface area contributed by atoms with E-state index in [-0.39, 0.29) is 17.9 Å². The summed E-state index contributed by atoms with van der Waals surface area (Å²) in [6.45, 7) is 9.15. The van der Waals surface area contributed by atoms with E-state index in [1.165, 1.54) is 10.2 Å². The van der Waals surface area contributed by atoms with Crippen molar-refractivity contribution in [2.24, 2.45) is 7.05 Å². The first-order valence-electron chi connectivity index (χ1n) is 9.21. The summed E-state index contributed by atoms with van der Waals surface area (Å²) in [6, 6.07) is 8.35. The van der Waals surface area contributed by atoms with Gasteiger partial charge in [-0.25, -0.2) is 4.68 Å². The number of morpholine rings is 1. The van der Waals surface area contributed by atoms with Gasteiger partial charge in [0.15, 0.2) is 0 Å². The van der Waals surface area contributed by atoms with Gasteiger partial charge in [-0.1, -0.05) is 24.3 Å². The van der Waals surface area contributed by atoms with Crippen molar-refractivity contribution < 1.29 is 9.66 Å². The average molecular weight is 373 g/mol. The zero-order valence-corrected chi connectivity index (χ0v) is 16.3. The minimum absolute atomic E-state index is 0.0321. The molecule has 2 unspecified atom stereocenters. The first-order valence-corrected chi connectivity index (χ1v) is 9.21. The molecule has 1 N–H and O–H groups in total. The zero-order chi connectivity index (χ0) is 19.6. The molecule has 146 valence electrons. The fraction of sp³-hybridized carbons (Fsp3) is 0.526. The van der Waals surface area contributed by atoms with Crippen molar-refractivity contribution in [2.45, 2.75) is 46.1 Å². The Morgan fingerprint density at radius 1 is 1.22 bits per heavy atom. The Morgan fingerprint density at radius 3 is 2.41 bits per heavy atom. The molecule has 1 aromatic heterocycles. The average Bonchev–Trinajstić information content (AvgIpc) is 2.87. The molecule has 1 aliphatic heterocycles. The molecule has 3 rings (SSSR count). The molecule has 0 bridgehead atoms. The highest BCUT2D eigenvalue weighted by Crippen LogP contribution is 2.27. The molecule has 8 nitrogen and oxygen atoms in total. The molecule has 27 heavy (non-hydrogen) atoms. The topological polar surface area (TPSA) is 85.5 Å². The van der Waals surface area contributed by atoms with Crippen molar-refractivity contribution in [2.75, 3.05) is 18.4 Å². The Kier molecular flexibility index (Phi) is 5.76. The Balaban J connectivity index is 1.61. The molecular weight excluding hydrogens is 346 g/mol. The van der Waals surface area contributed by atoms with Gasteiger partial charge >= 0.3 is 5.69 Å². The Hall–Kier alpha value is -2.45. The van der Waals surface area contributed by atoms with Gasteiger partial charge in [0, 0.05) is 33.2 Å². The molecule has 8 heteroatoms. The monoisotopic (exact) mass is 373 g/mol. The minimum atomic E-state index is -0.391. The van der Waals surface area contributed by atoms with E-state index in [0.717, 1.165) is 25.2 Å². The second-order valence-corrected chi connectivity index (χ2v) is 7.28. The quantitative estimate of drug-likeness (QED) is 0.619. The standard InChI is InChI=1S/C19H27N5O3/c1-13-10-23(11-14(2)27-13)12-17-7-5-16(6-8-17)9-20-19-18(24(25)26)15(3)21-22(19)4/h5-8,13-14,20H,9-12H2,1-4H3. The van der Waals surface area contributed by atoms with E-state index in [1.807, 2.05) is 0 Å². The first-order chi connectivity index (χ1) is 12.8. The predicted molar refractivity (Wildman–Crippen MR) is 104 cm³/mol. The summed E-state index contributed by atoms with van der Waals surface area (Å²) in [6.07, 6.45) is 0.519. The maximum Gasteiger partial charge on any atom is 0.333 e. The van der Waals surface area contributed by atoms with Crippen LogP contribution in [0.2, 0.25) is 0 Å². The molecule has 1 fully saturated rings. The first kappa shape index (κ1) is 19.3. The van der Waals surface area contributed by atoms with Crippen LogP contribution in [0.3, 0.4) is 0 Å². The molecule has 0 spiro atoms. The molecule has 1 saturated heterocycles. The number of hydrogen-bond acceptors (Lipinski definition) is 6. The summed E-state index contributed by atoms with van der Waals surface area (Å²) in [4.78, 5) is 13.3. The van der Waals surface area contributed by atoms with Crippen LogP contribution in [0.25, 0.3) is 0 Å². The van der Waals surface area contributed by atoms with Gasteiger partial charge in [-0.05, 0) is 31.9 Å². The highest BCUT2D eigenvalue weighted by atomic mass is 16.6. The molecule has 2 atom stereocenters. The van der Waals surface area contributed by atoms with Gasteiger partial charge in [-0.15, -0.1) is 0 Å². The van der Waals surface area contributed by atoms with E-state index < -0.39 is 4.92 Å². The van der Waals surface area contributed by atoms with Gasteiger partial charge in [0.05, 0.1) is 17.1 Å². The molecule has 1 aliphatic rings. The van der Waals surface area contributed by atoms with Gasteiger partial charge in [0.1, 0.15) is 5.69 Å². The third-order valence-corrected chi connectivity index (χ3v) is 4.76. The van der Waals surface area contributed by atoms with Crippen LogP contribution in [0.15, 0.2) is 24.3 Å². The lowest BCUT2D eigenvalue weighted by molar-refractivity contribution is -0.384. The second-order valence-electron chi connectivity index (χ2n) is 7.28. The number of aromatic nitrogens is 2. The fourth-order valence-corrected chi connectivity index (χ4v) is 3.68. The summed E-state index contributed by atoms with van der Waals surface area (Å²) < 4.78 is 7.30. The lowest BCUT2D eigenvalue weighted by atomic mass is 10.1. The minimum Gasteiger partial charge on any atom is -0.373 e. The van der Waals surface area contributed by atoms with E-state index >= 15 is 0 Å². The SMILES string of the molecule is Cc1nn(C)c(NCc2ccc(CN3CC(C)OC(C)C3)cc2)c1[N+](=O)[O-]. The Morgan fingerprint density at radius 2 is 1.81 bits per heavy atom. The van der Waals surface area contributed by atoms with Crippen molar-refractivity contribution in [3.05, 3.63) is 51.2 Å². The van der Waals surface area contributed by atoms with Gasteiger partial charge in [0.2, 0.25) is 5.82 Å². The van der Waals surface area contributed by atoms with Crippen LogP contribution < -0.4 is 5.32 Å². The summed E-state index contributed by atoms with van der Waals surface area (Å²) in [5.74, 6) is 0.429. The van der Waals surface area contributed by atoms with Gasteiger partial charge in [-0.3, -0.25) is 15.0 Å². The lowest BCUT2D eigenvalue weighted by Crippen LogP contribution is -2.44. The highest BCUT2D eigenvalue weighted by molar-refractivity contribution is 5.59. The number of benzene rings is 1. The van der Waals surface area contributed by atoms with Gasteiger partial charge < -0.3 is 10.1 Å². The lowest BCUT2D eigenvalue weighted by Gasteiger charge is -2.35. The van der Waals surface area contributed by atoms with Crippen molar-refractivity contribution >= 4 is 11.5 Å². The van der Waals surface area contributed by atoms with Crippen LogP contribution in [0, 0.1) is 17.0 Å². The van der Waals surface area contributed by atoms with E-state index in [1.54, 1.807) is 14.0 Å². The Bertz CT molecular complexity index is 792. The maximum absolute atomic E-state index is 11.2. The maximum atomic E-state index is 11.2.